The third-order valence-electron chi connectivity index (χ3n) is 1.28. The van der Waals surface area contributed by atoms with Crippen LogP contribution in [-0.4, -0.2) is 15.5 Å². The van der Waals surface area contributed by atoms with Gasteiger partial charge in [-0.1, -0.05) is 12.2 Å². The van der Waals surface area contributed by atoms with Gasteiger partial charge in [-0.15, -0.1) is 0 Å². The Morgan fingerprint density at radius 2 is 1.83 bits per heavy atom. The Kier molecular flexibility index (Phi) is 2.39. The topological polar surface area (TPSA) is 89.8 Å². The second-order valence-corrected chi connectivity index (χ2v) is 2.41. The quantitative estimate of drug-likeness (QED) is 0.572. The Hall–Kier alpha value is -1.43. The lowest BCUT2D eigenvalue weighted by Crippen LogP contribution is -2.07. The molecule has 0 aliphatic rings. The van der Waals surface area contributed by atoms with Crippen LogP contribution < -0.4 is 16.8 Å². The van der Waals surface area contributed by atoms with Crippen molar-refractivity contribution in [3.05, 3.63) is 5.82 Å². The molecule has 6 heteroatoms. The molecule has 5 N–H and O–H groups in total. The zero-order valence-corrected chi connectivity index (χ0v) is 7.35. The molecule has 1 rings (SSSR count). The maximum atomic E-state index is 5.55. The van der Waals surface area contributed by atoms with Crippen LogP contribution >= 0.6 is 12.2 Å². The van der Waals surface area contributed by atoms with Crippen LogP contribution in [0, 0.1) is 6.92 Å². The van der Waals surface area contributed by atoms with E-state index in [0.717, 1.165) is 0 Å². The first-order valence-corrected chi connectivity index (χ1v) is 3.72. The minimum absolute atomic E-state index is 0.307. The number of nitrogens with zero attached hydrogens (tertiary/aromatic N) is 2. The lowest BCUT2D eigenvalue weighted by molar-refractivity contribution is 1.07. The van der Waals surface area contributed by atoms with E-state index >= 15 is 0 Å². The van der Waals surface area contributed by atoms with Crippen molar-refractivity contribution in [2.24, 2.45) is 0 Å². The molecule has 0 bridgehead atoms. The Morgan fingerprint density at radius 3 is 2.25 bits per heavy atom. The van der Waals surface area contributed by atoms with E-state index in [4.69, 9.17) is 11.5 Å². The van der Waals surface area contributed by atoms with Gasteiger partial charge in [-0.05, 0) is 6.92 Å². The lowest BCUT2D eigenvalue weighted by Gasteiger charge is -2.06. The maximum Gasteiger partial charge on any atom is 0.153 e. The fraction of sp³-hybridized carbons (Fsp3) is 0.167. The van der Waals surface area contributed by atoms with Gasteiger partial charge in [0.1, 0.15) is 11.5 Å². The van der Waals surface area contributed by atoms with Crippen molar-refractivity contribution in [3.8, 4) is 0 Å². The SMILES string of the molecule is Cc1nc(N)c(NC=S)c(N)n1. The predicted octanol–water partition coefficient (Wildman–Crippen LogP) is 0.319. The standard InChI is InChI=1S/C6H9N5S/c1-3-10-5(7)4(9-2-12)6(8)11-3/h2H,1H3,(H,9,12)(H4,7,8,10,11). The third-order valence-corrected chi connectivity index (χ3v) is 1.40. The summed E-state index contributed by atoms with van der Waals surface area (Å²) in [5, 5.41) is 2.69. The van der Waals surface area contributed by atoms with Crippen molar-refractivity contribution in [1.29, 1.82) is 0 Å². The number of aromatic nitrogens is 2. The second kappa shape index (κ2) is 3.31. The lowest BCUT2D eigenvalue weighted by atomic mass is 10.4. The molecule has 0 saturated heterocycles. The molecule has 0 aromatic carbocycles. The number of aryl methyl sites for hydroxylation is 1. The number of nitrogen functional groups attached to an aromatic ring is 2. The highest BCUT2D eigenvalue weighted by Crippen LogP contribution is 2.20. The number of hydrogen-bond acceptors (Lipinski definition) is 5. The molecule has 5 nitrogen and oxygen atoms in total. The highest BCUT2D eigenvalue weighted by molar-refractivity contribution is 7.79. The van der Waals surface area contributed by atoms with Crippen LogP contribution in [0.2, 0.25) is 0 Å². The second-order valence-electron chi connectivity index (χ2n) is 2.18. The van der Waals surface area contributed by atoms with Crippen molar-refractivity contribution in [3.63, 3.8) is 0 Å². The minimum atomic E-state index is 0.307. The average molecular weight is 183 g/mol. The summed E-state index contributed by atoms with van der Waals surface area (Å²) in [5.41, 5.74) is 12.9. The molecule has 0 aliphatic heterocycles. The monoisotopic (exact) mass is 183 g/mol. The van der Waals surface area contributed by atoms with Gasteiger partial charge in [0.15, 0.2) is 11.6 Å². The summed E-state index contributed by atoms with van der Waals surface area (Å²) in [6.07, 6.45) is 0. The van der Waals surface area contributed by atoms with Crippen molar-refractivity contribution in [2.45, 2.75) is 6.92 Å². The molecular formula is C6H9N5S. The van der Waals surface area contributed by atoms with Gasteiger partial charge in [0.05, 0.1) is 5.49 Å². The summed E-state index contributed by atoms with van der Waals surface area (Å²) in [4.78, 5) is 7.82. The molecule has 12 heavy (non-hydrogen) atoms. The zero-order valence-electron chi connectivity index (χ0n) is 6.53. The molecule has 0 spiro atoms. The van der Waals surface area contributed by atoms with E-state index in [2.05, 4.69) is 27.5 Å². The molecule has 0 fully saturated rings. The minimum Gasteiger partial charge on any atom is -0.382 e. The number of rotatable bonds is 2. The van der Waals surface area contributed by atoms with Gasteiger partial charge in [0, 0.05) is 0 Å². The number of nitrogens with one attached hydrogen (secondary N) is 1. The van der Waals surface area contributed by atoms with Crippen LogP contribution in [0.5, 0.6) is 0 Å². The summed E-state index contributed by atoms with van der Waals surface area (Å²) in [5.74, 6) is 1.15. The van der Waals surface area contributed by atoms with E-state index in [1.807, 2.05) is 0 Å². The van der Waals surface area contributed by atoms with E-state index in [1.165, 1.54) is 5.49 Å². The molecule has 0 atom stereocenters. The van der Waals surface area contributed by atoms with Crippen LogP contribution in [0.1, 0.15) is 5.82 Å². The summed E-state index contributed by atoms with van der Waals surface area (Å²) in [7, 11) is 0. The molecule has 1 aromatic heterocycles. The van der Waals surface area contributed by atoms with Gasteiger partial charge >= 0.3 is 0 Å². The van der Waals surface area contributed by atoms with Gasteiger partial charge in [0.25, 0.3) is 0 Å². The zero-order chi connectivity index (χ0) is 9.14. The molecular weight excluding hydrogens is 174 g/mol. The number of nitrogens with two attached hydrogens (primary N) is 2. The number of hydrogen-bond donors (Lipinski definition) is 3. The molecule has 0 amide bonds. The van der Waals surface area contributed by atoms with Gasteiger partial charge < -0.3 is 16.8 Å². The maximum absolute atomic E-state index is 5.55. The van der Waals surface area contributed by atoms with Crippen LogP contribution in [0.25, 0.3) is 0 Å². The van der Waals surface area contributed by atoms with Crippen LogP contribution in [0.15, 0.2) is 0 Å². The van der Waals surface area contributed by atoms with E-state index in [9.17, 15) is 0 Å². The van der Waals surface area contributed by atoms with E-state index in [0.29, 0.717) is 23.1 Å². The van der Waals surface area contributed by atoms with Gasteiger partial charge in [-0.3, -0.25) is 0 Å². The highest BCUT2D eigenvalue weighted by Gasteiger charge is 2.05. The van der Waals surface area contributed by atoms with E-state index in [-0.39, 0.29) is 0 Å². The van der Waals surface area contributed by atoms with Gasteiger partial charge in [0.2, 0.25) is 0 Å². The smallest absolute Gasteiger partial charge is 0.153 e. The molecule has 1 heterocycles. The molecule has 0 aliphatic carbocycles. The fourth-order valence-corrected chi connectivity index (χ4v) is 0.941. The van der Waals surface area contributed by atoms with Gasteiger partial charge in [-0.25, -0.2) is 9.97 Å². The van der Waals surface area contributed by atoms with Crippen LogP contribution in [0.3, 0.4) is 0 Å². The summed E-state index contributed by atoms with van der Waals surface area (Å²) in [6, 6.07) is 0. The third kappa shape index (κ3) is 1.59. The molecule has 0 saturated carbocycles. The number of thiocarbonyl (C=S) groups is 1. The Balaban J connectivity index is 3.18. The summed E-state index contributed by atoms with van der Waals surface area (Å²) < 4.78 is 0. The Labute approximate surface area is 75.2 Å². The number of anilines is 3. The first-order chi connectivity index (χ1) is 5.65. The van der Waals surface area contributed by atoms with E-state index in [1.54, 1.807) is 6.92 Å². The average Bonchev–Trinajstić information content (AvgIpc) is 1.96. The van der Waals surface area contributed by atoms with Crippen molar-refractivity contribution < 1.29 is 0 Å². The van der Waals surface area contributed by atoms with Crippen molar-refractivity contribution in [2.75, 3.05) is 16.8 Å². The largest absolute Gasteiger partial charge is 0.382 e. The summed E-state index contributed by atoms with van der Waals surface area (Å²) >= 11 is 4.58. The van der Waals surface area contributed by atoms with Crippen molar-refractivity contribution >= 4 is 35.0 Å². The van der Waals surface area contributed by atoms with Gasteiger partial charge in [-0.2, -0.15) is 0 Å². The molecule has 0 unspecified atom stereocenters. The van der Waals surface area contributed by atoms with Crippen LogP contribution in [0.4, 0.5) is 17.3 Å². The predicted molar refractivity (Wildman–Crippen MR) is 52.9 cm³/mol. The van der Waals surface area contributed by atoms with Crippen molar-refractivity contribution in [1.82, 2.24) is 9.97 Å². The normalized spacial score (nSPS) is 9.42. The van der Waals surface area contributed by atoms with Crippen LogP contribution in [-0.2, 0) is 0 Å². The fourth-order valence-electron chi connectivity index (χ4n) is 0.823. The molecule has 0 radical (unpaired) electrons. The first kappa shape index (κ1) is 8.66. The Bertz CT molecular complexity index is 288. The molecule has 1 aromatic rings. The molecule has 64 valence electrons. The van der Waals surface area contributed by atoms with E-state index < -0.39 is 0 Å². The Morgan fingerprint density at radius 1 is 1.33 bits per heavy atom. The highest BCUT2D eigenvalue weighted by atomic mass is 32.1. The first-order valence-electron chi connectivity index (χ1n) is 3.25. The summed E-state index contributed by atoms with van der Waals surface area (Å²) in [6.45, 7) is 1.72.